The van der Waals surface area contributed by atoms with Gasteiger partial charge in [0.1, 0.15) is 11.9 Å². The minimum Gasteiger partial charge on any atom is -0.396 e. The van der Waals surface area contributed by atoms with Crippen molar-refractivity contribution >= 4 is 37.8 Å². The highest BCUT2D eigenvalue weighted by Crippen LogP contribution is 2.40. The van der Waals surface area contributed by atoms with Crippen molar-refractivity contribution in [2.45, 2.75) is 58.1 Å². The van der Waals surface area contributed by atoms with Gasteiger partial charge in [-0.05, 0) is 48.8 Å². The Balaban J connectivity index is 2.70. The number of alkyl halides is 3. The zero-order chi connectivity index (χ0) is 22.4. The van der Waals surface area contributed by atoms with E-state index in [9.17, 15) is 26.9 Å². The Morgan fingerprint density at radius 2 is 1.79 bits per heavy atom. The summed E-state index contributed by atoms with van der Waals surface area (Å²) >= 11 is 3.08. The first-order valence-corrected chi connectivity index (χ1v) is 10.8. The number of aliphatic hydroxyl groups excluding tert-OH is 1. The van der Waals surface area contributed by atoms with E-state index in [4.69, 9.17) is 0 Å². The molecule has 0 unspecified atom stereocenters. The Hall–Kier alpha value is -0.970. The highest BCUT2D eigenvalue weighted by Gasteiger charge is 2.44. The van der Waals surface area contributed by atoms with Gasteiger partial charge in [0.15, 0.2) is 0 Å². The predicted molar refractivity (Wildman–Crippen MR) is 110 cm³/mol. The molecule has 2 atom stereocenters. The highest BCUT2D eigenvalue weighted by atomic mass is 79.9. The van der Waals surface area contributed by atoms with Crippen LogP contribution in [0.15, 0.2) is 22.8 Å². The van der Waals surface area contributed by atoms with Crippen LogP contribution in [0, 0.1) is 11.2 Å². The van der Waals surface area contributed by atoms with Crippen LogP contribution in [0.2, 0.25) is 0 Å². The summed E-state index contributed by atoms with van der Waals surface area (Å²) in [5.74, 6) is -0.698. The lowest BCUT2D eigenvalue weighted by Crippen LogP contribution is -2.41. The third-order valence-corrected chi connectivity index (χ3v) is 6.57. The van der Waals surface area contributed by atoms with Gasteiger partial charge < -0.3 is 9.67 Å². The minimum atomic E-state index is -4.75. The highest BCUT2D eigenvalue weighted by molar-refractivity contribution is 9.10. The van der Waals surface area contributed by atoms with Crippen molar-refractivity contribution in [2.24, 2.45) is 5.41 Å². The van der Waals surface area contributed by atoms with Gasteiger partial charge in [-0.15, -0.1) is 0 Å². The molecule has 0 aliphatic heterocycles. The lowest BCUT2D eigenvalue weighted by molar-refractivity contribution is -0.152. The van der Waals surface area contributed by atoms with Crippen molar-refractivity contribution in [3.05, 3.63) is 34.2 Å². The summed E-state index contributed by atoms with van der Waals surface area (Å²) in [7, 11) is -2.00. The third kappa shape index (κ3) is 5.59. The maximum Gasteiger partial charge on any atom is 0.408 e. The monoisotopic (exact) mass is 500 g/mol. The molecule has 1 heterocycles. The summed E-state index contributed by atoms with van der Waals surface area (Å²) in [6.45, 7) is 8.26. The van der Waals surface area contributed by atoms with E-state index in [0.29, 0.717) is 5.52 Å². The van der Waals surface area contributed by atoms with Crippen molar-refractivity contribution in [3.8, 4) is 0 Å². The average Bonchev–Trinajstić information content (AvgIpc) is 2.87. The lowest BCUT2D eigenvalue weighted by atomic mass is 9.95. The number of nitrogens with one attached hydrogen (secondary N) is 1. The molecular weight excluding hydrogens is 476 g/mol. The first-order chi connectivity index (χ1) is 13.1. The van der Waals surface area contributed by atoms with E-state index < -0.39 is 39.2 Å². The van der Waals surface area contributed by atoms with Gasteiger partial charge in [0.05, 0.1) is 20.2 Å². The van der Waals surface area contributed by atoms with Crippen LogP contribution in [-0.4, -0.2) is 31.4 Å². The Labute approximate surface area is 178 Å². The molecule has 164 valence electrons. The summed E-state index contributed by atoms with van der Waals surface area (Å²) in [5, 5.41) is 9.63. The molecule has 2 N–H and O–H groups in total. The SMILES string of the molecule is CC(C)(CO)Cn1cc([C@H](N[S@@](=O)C(C)(C)C)C(F)(F)F)c2cc(F)c(Br)cc21. The minimum absolute atomic E-state index is 0.0696. The lowest BCUT2D eigenvalue weighted by Gasteiger charge is -2.26. The normalized spacial score (nSPS) is 15.7. The van der Waals surface area contributed by atoms with Crippen molar-refractivity contribution < 1.29 is 26.9 Å². The molecule has 29 heavy (non-hydrogen) atoms. The molecule has 0 fully saturated rings. The maximum atomic E-state index is 14.2. The number of aliphatic hydroxyl groups is 1. The summed E-state index contributed by atoms with van der Waals surface area (Å²) in [6, 6.07) is 0.206. The number of aromatic nitrogens is 1. The molecule has 0 bridgehead atoms. The van der Waals surface area contributed by atoms with Crippen LogP contribution in [0.25, 0.3) is 10.9 Å². The van der Waals surface area contributed by atoms with Gasteiger partial charge in [0, 0.05) is 41.2 Å². The van der Waals surface area contributed by atoms with Crippen molar-refractivity contribution in [1.29, 1.82) is 0 Å². The smallest absolute Gasteiger partial charge is 0.396 e. The van der Waals surface area contributed by atoms with E-state index >= 15 is 0 Å². The molecule has 0 saturated carbocycles. The van der Waals surface area contributed by atoms with Gasteiger partial charge in [-0.25, -0.2) is 13.3 Å². The second-order valence-electron chi connectivity index (χ2n) is 8.79. The van der Waals surface area contributed by atoms with Crippen molar-refractivity contribution in [1.82, 2.24) is 9.29 Å². The average molecular weight is 501 g/mol. The third-order valence-electron chi connectivity index (χ3n) is 4.40. The molecule has 1 aromatic heterocycles. The summed E-state index contributed by atoms with van der Waals surface area (Å²) in [4.78, 5) is 0. The Morgan fingerprint density at radius 1 is 1.21 bits per heavy atom. The summed E-state index contributed by atoms with van der Waals surface area (Å²) < 4.78 is 71.3. The Kier molecular flexibility index (Phi) is 6.94. The number of benzene rings is 1. The van der Waals surface area contributed by atoms with Gasteiger partial charge in [-0.3, -0.25) is 0 Å². The van der Waals surface area contributed by atoms with Crippen LogP contribution in [0.1, 0.15) is 46.2 Å². The molecule has 0 saturated heterocycles. The van der Waals surface area contributed by atoms with Crippen LogP contribution in [0.4, 0.5) is 17.6 Å². The predicted octanol–water partition coefficient (Wildman–Crippen LogP) is 5.22. The summed E-state index contributed by atoms with van der Waals surface area (Å²) in [5.41, 5.74) is -0.447. The standard InChI is InChI=1S/C19H25BrF4N2O2S/c1-17(2,3)29(28)25-16(19(22,23)24)12-8-26(9-18(4,5)10-27)15-7-13(20)14(21)6-11(12)15/h6-8,16,25,27H,9-10H2,1-5H3/t16-,29-/m0/s1. The second kappa shape index (κ2) is 8.28. The number of rotatable bonds is 6. The molecule has 2 aromatic rings. The molecule has 0 amide bonds. The molecule has 1 aromatic carbocycles. The topological polar surface area (TPSA) is 54.3 Å². The van der Waals surface area contributed by atoms with Gasteiger partial charge in [-0.2, -0.15) is 13.2 Å². The van der Waals surface area contributed by atoms with E-state index in [0.717, 1.165) is 6.07 Å². The number of fused-ring (bicyclic) bond motifs is 1. The van der Waals surface area contributed by atoms with Gasteiger partial charge in [0.2, 0.25) is 0 Å². The molecule has 0 spiro atoms. The fraction of sp³-hybridized carbons (Fsp3) is 0.579. The first-order valence-electron chi connectivity index (χ1n) is 8.90. The Bertz CT molecular complexity index is 920. The van der Waals surface area contributed by atoms with E-state index in [1.807, 2.05) is 0 Å². The van der Waals surface area contributed by atoms with Gasteiger partial charge in [0.25, 0.3) is 0 Å². The van der Waals surface area contributed by atoms with E-state index in [1.165, 1.54) is 12.3 Å². The number of nitrogens with zero attached hydrogens (tertiary/aromatic N) is 1. The number of hydrogen-bond donors (Lipinski definition) is 2. The molecule has 0 aliphatic carbocycles. The molecular formula is C19H25BrF4N2O2S. The molecule has 10 heteroatoms. The second-order valence-corrected chi connectivity index (χ2v) is 11.6. The summed E-state index contributed by atoms with van der Waals surface area (Å²) in [6.07, 6.45) is -3.46. The fourth-order valence-electron chi connectivity index (χ4n) is 2.77. The Morgan fingerprint density at radius 3 is 2.28 bits per heavy atom. The first kappa shape index (κ1) is 24.3. The van der Waals surface area contributed by atoms with Crippen LogP contribution >= 0.6 is 15.9 Å². The quantitative estimate of drug-likeness (QED) is 0.534. The van der Waals surface area contributed by atoms with Gasteiger partial charge in [-0.1, -0.05) is 13.8 Å². The van der Waals surface area contributed by atoms with Crippen LogP contribution < -0.4 is 4.72 Å². The van der Waals surface area contributed by atoms with Crippen LogP contribution in [0.3, 0.4) is 0 Å². The zero-order valence-corrected chi connectivity index (χ0v) is 19.2. The van der Waals surface area contributed by atoms with Crippen molar-refractivity contribution in [3.63, 3.8) is 0 Å². The molecule has 2 rings (SSSR count). The molecule has 0 radical (unpaired) electrons. The van der Waals surface area contributed by atoms with E-state index in [1.54, 1.807) is 39.2 Å². The largest absolute Gasteiger partial charge is 0.408 e. The molecule has 4 nitrogen and oxygen atoms in total. The number of halogens is 5. The zero-order valence-electron chi connectivity index (χ0n) is 16.8. The van der Waals surface area contributed by atoms with Crippen LogP contribution in [0.5, 0.6) is 0 Å². The van der Waals surface area contributed by atoms with E-state index in [2.05, 4.69) is 20.7 Å². The fourth-order valence-corrected chi connectivity index (χ4v) is 3.93. The molecule has 0 aliphatic rings. The van der Waals surface area contributed by atoms with Crippen molar-refractivity contribution in [2.75, 3.05) is 6.61 Å². The van der Waals surface area contributed by atoms with Crippen LogP contribution in [-0.2, 0) is 17.5 Å². The van der Waals surface area contributed by atoms with E-state index in [-0.39, 0.29) is 28.6 Å². The number of hydrogen-bond acceptors (Lipinski definition) is 2. The maximum absolute atomic E-state index is 14.2. The van der Waals surface area contributed by atoms with Gasteiger partial charge >= 0.3 is 6.18 Å².